The maximum Gasteiger partial charge on any atom is 0.0651 e. The number of benzene rings is 3. The van der Waals surface area contributed by atoms with E-state index in [-0.39, 0.29) is 6.04 Å². The van der Waals surface area contributed by atoms with Gasteiger partial charge >= 0.3 is 0 Å². The molecule has 0 saturated heterocycles. The Kier molecular flexibility index (Phi) is 7.21. The monoisotopic (exact) mass is 343 g/mol. The van der Waals surface area contributed by atoms with Crippen molar-refractivity contribution >= 4 is 6.08 Å². The standard InChI is InChI=1S/C24H25NO/c1-4-11-21(12-5-1)13-10-19-26-20-18-25-24(22-14-6-2-7-15-22)23-16-8-3-9-17-23/h1-17,24-25H,18-20H2/b13-10+. The molecule has 3 aromatic carbocycles. The summed E-state index contributed by atoms with van der Waals surface area (Å²) in [4.78, 5) is 0. The molecule has 0 fully saturated rings. The summed E-state index contributed by atoms with van der Waals surface area (Å²) in [5, 5.41) is 3.61. The highest BCUT2D eigenvalue weighted by molar-refractivity contribution is 5.48. The second kappa shape index (κ2) is 10.3. The molecule has 2 nitrogen and oxygen atoms in total. The van der Waals surface area contributed by atoms with E-state index in [1.165, 1.54) is 16.7 Å². The third-order valence-electron chi connectivity index (χ3n) is 4.18. The molecule has 0 bridgehead atoms. The molecule has 3 aromatic rings. The first-order valence-electron chi connectivity index (χ1n) is 9.06. The third kappa shape index (κ3) is 5.69. The van der Waals surface area contributed by atoms with Gasteiger partial charge in [-0.05, 0) is 16.7 Å². The molecule has 26 heavy (non-hydrogen) atoms. The van der Waals surface area contributed by atoms with Gasteiger partial charge in [0, 0.05) is 6.54 Å². The molecule has 0 atom stereocenters. The van der Waals surface area contributed by atoms with Gasteiger partial charge in [-0.3, -0.25) is 0 Å². The molecular weight excluding hydrogens is 318 g/mol. The number of nitrogens with one attached hydrogen (secondary N) is 1. The Hall–Kier alpha value is -2.68. The lowest BCUT2D eigenvalue weighted by Gasteiger charge is -2.19. The molecule has 0 aromatic heterocycles. The third-order valence-corrected chi connectivity index (χ3v) is 4.18. The Bertz CT molecular complexity index is 730. The Balaban J connectivity index is 1.47. The molecule has 0 radical (unpaired) electrons. The van der Waals surface area contributed by atoms with Gasteiger partial charge in [0.1, 0.15) is 0 Å². The molecule has 0 saturated carbocycles. The van der Waals surface area contributed by atoms with Crippen LogP contribution in [0.2, 0.25) is 0 Å². The Labute approximate surface area is 156 Å². The van der Waals surface area contributed by atoms with E-state index in [1.807, 2.05) is 30.3 Å². The van der Waals surface area contributed by atoms with Gasteiger partial charge in [-0.1, -0.05) is 103 Å². The van der Waals surface area contributed by atoms with Crippen LogP contribution in [0, 0.1) is 0 Å². The fraction of sp³-hybridized carbons (Fsp3) is 0.167. The van der Waals surface area contributed by atoms with Crippen LogP contribution in [0.15, 0.2) is 97.1 Å². The van der Waals surface area contributed by atoms with Crippen molar-refractivity contribution in [2.45, 2.75) is 6.04 Å². The minimum atomic E-state index is 0.181. The lowest BCUT2D eigenvalue weighted by molar-refractivity contribution is 0.162. The largest absolute Gasteiger partial charge is 0.376 e. The smallest absolute Gasteiger partial charge is 0.0651 e. The summed E-state index contributed by atoms with van der Waals surface area (Å²) in [7, 11) is 0. The highest BCUT2D eigenvalue weighted by Gasteiger charge is 2.12. The number of ether oxygens (including phenoxy) is 1. The summed E-state index contributed by atoms with van der Waals surface area (Å²) in [5.74, 6) is 0. The lowest BCUT2D eigenvalue weighted by atomic mass is 9.99. The van der Waals surface area contributed by atoms with E-state index in [1.54, 1.807) is 0 Å². The molecule has 0 amide bonds. The van der Waals surface area contributed by atoms with Crippen LogP contribution in [-0.2, 0) is 4.74 Å². The minimum absolute atomic E-state index is 0.181. The van der Waals surface area contributed by atoms with E-state index < -0.39 is 0 Å². The quantitative estimate of drug-likeness (QED) is 0.546. The summed E-state index contributed by atoms with van der Waals surface area (Å²) in [6, 6.07) is 31.5. The van der Waals surface area contributed by atoms with Gasteiger partial charge in [0.25, 0.3) is 0 Å². The molecule has 0 aliphatic carbocycles. The summed E-state index contributed by atoms with van der Waals surface area (Å²) in [6.07, 6.45) is 4.14. The van der Waals surface area contributed by atoms with Gasteiger partial charge in [0.2, 0.25) is 0 Å². The first-order valence-corrected chi connectivity index (χ1v) is 9.06. The van der Waals surface area contributed by atoms with Crippen molar-refractivity contribution in [3.05, 3.63) is 114 Å². The van der Waals surface area contributed by atoms with Gasteiger partial charge < -0.3 is 10.1 Å². The molecule has 0 aliphatic rings. The van der Waals surface area contributed by atoms with E-state index >= 15 is 0 Å². The topological polar surface area (TPSA) is 21.3 Å². The zero-order valence-electron chi connectivity index (χ0n) is 14.9. The summed E-state index contributed by atoms with van der Waals surface area (Å²) >= 11 is 0. The predicted octanol–water partition coefficient (Wildman–Crippen LogP) is 5.10. The second-order valence-corrected chi connectivity index (χ2v) is 6.10. The van der Waals surface area contributed by atoms with Gasteiger partial charge in [-0.15, -0.1) is 0 Å². The van der Waals surface area contributed by atoms with Crippen molar-refractivity contribution in [2.75, 3.05) is 19.8 Å². The Morgan fingerprint density at radius 3 is 1.85 bits per heavy atom. The molecular formula is C24H25NO. The van der Waals surface area contributed by atoms with Crippen LogP contribution in [0.5, 0.6) is 0 Å². The van der Waals surface area contributed by atoms with E-state index in [9.17, 15) is 0 Å². The van der Waals surface area contributed by atoms with Gasteiger partial charge in [0.15, 0.2) is 0 Å². The molecule has 0 aliphatic heterocycles. The van der Waals surface area contributed by atoms with Gasteiger partial charge in [-0.2, -0.15) is 0 Å². The highest BCUT2D eigenvalue weighted by Crippen LogP contribution is 2.21. The molecule has 0 unspecified atom stereocenters. The van der Waals surface area contributed by atoms with Gasteiger partial charge in [-0.25, -0.2) is 0 Å². The van der Waals surface area contributed by atoms with E-state index in [4.69, 9.17) is 4.74 Å². The second-order valence-electron chi connectivity index (χ2n) is 6.10. The van der Waals surface area contributed by atoms with Crippen molar-refractivity contribution in [1.82, 2.24) is 5.32 Å². The zero-order chi connectivity index (χ0) is 17.9. The average Bonchev–Trinajstić information content (AvgIpc) is 2.72. The molecule has 1 N–H and O–H groups in total. The molecule has 2 heteroatoms. The number of rotatable bonds is 9. The number of hydrogen-bond acceptors (Lipinski definition) is 2. The first kappa shape index (κ1) is 18.1. The average molecular weight is 343 g/mol. The van der Waals surface area contributed by atoms with Crippen molar-refractivity contribution in [1.29, 1.82) is 0 Å². The van der Waals surface area contributed by atoms with Crippen LogP contribution in [0.3, 0.4) is 0 Å². The van der Waals surface area contributed by atoms with Crippen LogP contribution < -0.4 is 5.32 Å². The van der Waals surface area contributed by atoms with Crippen molar-refractivity contribution in [2.24, 2.45) is 0 Å². The molecule has 0 spiro atoms. The van der Waals surface area contributed by atoms with Crippen LogP contribution >= 0.6 is 0 Å². The van der Waals surface area contributed by atoms with E-state index in [0.717, 1.165) is 6.54 Å². The van der Waals surface area contributed by atoms with Crippen molar-refractivity contribution < 1.29 is 4.74 Å². The fourth-order valence-electron chi connectivity index (χ4n) is 2.89. The summed E-state index contributed by atoms with van der Waals surface area (Å²) in [6.45, 7) is 2.10. The van der Waals surface area contributed by atoms with Crippen LogP contribution in [-0.4, -0.2) is 19.8 Å². The highest BCUT2D eigenvalue weighted by atomic mass is 16.5. The maximum absolute atomic E-state index is 5.73. The summed E-state index contributed by atoms with van der Waals surface area (Å²) < 4.78 is 5.73. The first-order chi connectivity index (χ1) is 12.9. The molecule has 3 rings (SSSR count). The Morgan fingerprint density at radius 1 is 0.731 bits per heavy atom. The number of hydrogen-bond donors (Lipinski definition) is 1. The van der Waals surface area contributed by atoms with E-state index in [2.05, 4.69) is 78.1 Å². The van der Waals surface area contributed by atoms with E-state index in [0.29, 0.717) is 13.2 Å². The summed E-state index contributed by atoms with van der Waals surface area (Å²) in [5.41, 5.74) is 3.73. The van der Waals surface area contributed by atoms with Crippen LogP contribution in [0.25, 0.3) is 6.08 Å². The lowest BCUT2D eigenvalue weighted by Crippen LogP contribution is -2.26. The minimum Gasteiger partial charge on any atom is -0.376 e. The Morgan fingerprint density at radius 2 is 1.27 bits per heavy atom. The molecule has 0 heterocycles. The van der Waals surface area contributed by atoms with Gasteiger partial charge in [0.05, 0.1) is 19.3 Å². The van der Waals surface area contributed by atoms with Crippen LogP contribution in [0.4, 0.5) is 0 Å². The fourth-order valence-corrected chi connectivity index (χ4v) is 2.89. The van der Waals surface area contributed by atoms with Crippen molar-refractivity contribution in [3.8, 4) is 0 Å². The zero-order valence-corrected chi connectivity index (χ0v) is 14.9. The molecule has 132 valence electrons. The normalized spacial score (nSPS) is 11.3. The SMILES string of the molecule is C(=C\c1ccccc1)/COCCNC(c1ccccc1)c1ccccc1. The van der Waals surface area contributed by atoms with Crippen molar-refractivity contribution in [3.63, 3.8) is 0 Å². The van der Waals surface area contributed by atoms with Crippen LogP contribution in [0.1, 0.15) is 22.7 Å². The predicted molar refractivity (Wildman–Crippen MR) is 109 cm³/mol. The maximum atomic E-state index is 5.73.